The maximum Gasteiger partial charge on any atom is 0.144 e. The molecule has 0 saturated carbocycles. The van der Waals surface area contributed by atoms with Crippen LogP contribution in [0.3, 0.4) is 0 Å². The zero-order valence-corrected chi connectivity index (χ0v) is 14.0. The summed E-state index contributed by atoms with van der Waals surface area (Å²) in [6.45, 7) is 12.2. The molecule has 0 bridgehead atoms. The van der Waals surface area contributed by atoms with E-state index in [1.165, 1.54) is 51.7 Å². The molecule has 0 unspecified atom stereocenters. The third-order valence-electron chi connectivity index (χ3n) is 3.98. The Morgan fingerprint density at radius 1 is 1.00 bits per heavy atom. The van der Waals surface area contributed by atoms with Gasteiger partial charge in [0.05, 0.1) is 0 Å². The van der Waals surface area contributed by atoms with Gasteiger partial charge in [-0.2, -0.15) is 0 Å². The number of rotatable bonds is 12. The van der Waals surface area contributed by atoms with Gasteiger partial charge in [-0.25, -0.2) is 0 Å². The van der Waals surface area contributed by atoms with Crippen LogP contribution < -0.4 is 5.73 Å². The van der Waals surface area contributed by atoms with Crippen LogP contribution in [0.25, 0.3) is 0 Å². The second-order valence-electron chi connectivity index (χ2n) is 6.37. The molecule has 0 amide bonds. The number of nitrogens with zero attached hydrogens (tertiary/aromatic N) is 2. The van der Waals surface area contributed by atoms with Crippen molar-refractivity contribution in [3.8, 4) is 0 Å². The van der Waals surface area contributed by atoms with Gasteiger partial charge in [0.15, 0.2) is 0 Å². The van der Waals surface area contributed by atoms with Gasteiger partial charge in [0.1, 0.15) is 5.84 Å². The quantitative estimate of drug-likeness (QED) is 0.188. The molecule has 0 heterocycles. The summed E-state index contributed by atoms with van der Waals surface area (Å²) in [5.41, 5.74) is 5.51. The zero-order valence-electron chi connectivity index (χ0n) is 14.0. The molecule has 0 aliphatic rings. The summed E-state index contributed by atoms with van der Waals surface area (Å²) in [5, 5.41) is 11.9. The van der Waals surface area contributed by atoms with Gasteiger partial charge in [-0.05, 0) is 45.3 Å². The average molecular weight is 285 g/mol. The topological polar surface area (TPSA) is 61.8 Å². The summed E-state index contributed by atoms with van der Waals surface area (Å²) >= 11 is 0. The first kappa shape index (κ1) is 19.2. The van der Waals surface area contributed by atoms with E-state index in [1.807, 2.05) is 13.8 Å². The van der Waals surface area contributed by atoms with Crippen molar-refractivity contribution in [1.82, 2.24) is 4.90 Å². The molecule has 0 aromatic rings. The molecule has 0 aliphatic heterocycles. The molecule has 0 saturated heterocycles. The number of oxime groups is 1. The predicted octanol–water partition coefficient (Wildman–Crippen LogP) is 3.83. The highest BCUT2D eigenvalue weighted by Crippen LogP contribution is 2.23. The van der Waals surface area contributed by atoms with E-state index >= 15 is 0 Å². The van der Waals surface area contributed by atoms with E-state index in [4.69, 9.17) is 10.9 Å². The van der Waals surface area contributed by atoms with Gasteiger partial charge in [0.2, 0.25) is 0 Å². The molecule has 0 aromatic carbocycles. The third kappa shape index (κ3) is 8.41. The van der Waals surface area contributed by atoms with Crippen LogP contribution in [0, 0.1) is 5.41 Å². The Kier molecular flexibility index (Phi) is 10.5. The molecule has 0 fully saturated rings. The van der Waals surface area contributed by atoms with E-state index < -0.39 is 0 Å². The summed E-state index contributed by atoms with van der Waals surface area (Å²) in [6, 6.07) is 0. The van der Waals surface area contributed by atoms with Gasteiger partial charge >= 0.3 is 0 Å². The highest BCUT2D eigenvalue weighted by Gasteiger charge is 2.22. The van der Waals surface area contributed by atoms with Crippen molar-refractivity contribution < 1.29 is 5.21 Å². The smallest absolute Gasteiger partial charge is 0.144 e. The summed E-state index contributed by atoms with van der Waals surface area (Å²) in [7, 11) is 0. The summed E-state index contributed by atoms with van der Waals surface area (Å²) in [6.07, 6.45) is 8.39. The normalized spacial score (nSPS) is 13.2. The Hall–Kier alpha value is -0.770. The molecule has 0 atom stereocenters. The van der Waals surface area contributed by atoms with E-state index in [1.54, 1.807) is 0 Å². The Morgan fingerprint density at radius 3 is 1.95 bits per heavy atom. The average Bonchev–Trinajstić information content (AvgIpc) is 2.44. The van der Waals surface area contributed by atoms with Crippen LogP contribution in [0.2, 0.25) is 0 Å². The predicted molar refractivity (Wildman–Crippen MR) is 87.3 cm³/mol. The lowest BCUT2D eigenvalue weighted by atomic mass is 9.86. The van der Waals surface area contributed by atoms with Crippen molar-refractivity contribution in [2.45, 2.75) is 72.6 Å². The van der Waals surface area contributed by atoms with Crippen LogP contribution in [0.4, 0.5) is 0 Å². The minimum Gasteiger partial charge on any atom is -0.409 e. The van der Waals surface area contributed by atoms with Crippen molar-refractivity contribution in [1.29, 1.82) is 0 Å². The van der Waals surface area contributed by atoms with Crippen molar-refractivity contribution in [2.75, 3.05) is 19.6 Å². The van der Waals surface area contributed by atoms with Crippen LogP contribution in [-0.4, -0.2) is 35.6 Å². The number of amidine groups is 1. The second kappa shape index (κ2) is 11.0. The van der Waals surface area contributed by atoms with E-state index in [0.717, 1.165) is 12.8 Å². The summed E-state index contributed by atoms with van der Waals surface area (Å²) in [5.74, 6) is 0.339. The lowest BCUT2D eigenvalue weighted by Crippen LogP contribution is -2.32. The molecule has 0 radical (unpaired) electrons. The lowest BCUT2D eigenvalue weighted by molar-refractivity contribution is 0.254. The van der Waals surface area contributed by atoms with Crippen molar-refractivity contribution in [2.24, 2.45) is 16.3 Å². The number of hydrogen-bond acceptors (Lipinski definition) is 3. The molecule has 0 spiro atoms. The molecule has 0 aromatic heterocycles. The van der Waals surface area contributed by atoms with Crippen LogP contribution in [-0.2, 0) is 0 Å². The molecular formula is C16H35N3O. The molecule has 120 valence electrons. The van der Waals surface area contributed by atoms with Crippen LogP contribution in [0.5, 0.6) is 0 Å². The molecule has 4 nitrogen and oxygen atoms in total. The lowest BCUT2D eigenvalue weighted by Gasteiger charge is -2.25. The van der Waals surface area contributed by atoms with Crippen molar-refractivity contribution >= 4 is 5.84 Å². The zero-order chi connectivity index (χ0) is 15.4. The van der Waals surface area contributed by atoms with Crippen LogP contribution in [0.15, 0.2) is 5.16 Å². The fourth-order valence-corrected chi connectivity index (χ4v) is 2.26. The monoisotopic (exact) mass is 285 g/mol. The van der Waals surface area contributed by atoms with Gasteiger partial charge in [-0.15, -0.1) is 0 Å². The molecule has 0 rings (SSSR count). The molecule has 0 aliphatic carbocycles. The first-order valence-electron chi connectivity index (χ1n) is 8.18. The van der Waals surface area contributed by atoms with Crippen LogP contribution in [0.1, 0.15) is 72.6 Å². The minimum absolute atomic E-state index is 0.202. The van der Waals surface area contributed by atoms with Gasteiger partial charge in [0.25, 0.3) is 0 Å². The van der Waals surface area contributed by atoms with E-state index in [0.29, 0.717) is 5.84 Å². The highest BCUT2D eigenvalue weighted by molar-refractivity contribution is 5.85. The molecular weight excluding hydrogens is 250 g/mol. The molecule has 3 N–H and O–H groups in total. The Balaban J connectivity index is 3.98. The largest absolute Gasteiger partial charge is 0.409 e. The second-order valence-corrected chi connectivity index (χ2v) is 6.37. The highest BCUT2D eigenvalue weighted by atomic mass is 16.4. The van der Waals surface area contributed by atoms with E-state index in [2.05, 4.69) is 23.9 Å². The van der Waals surface area contributed by atoms with Crippen molar-refractivity contribution in [3.05, 3.63) is 0 Å². The third-order valence-corrected chi connectivity index (χ3v) is 3.98. The van der Waals surface area contributed by atoms with Gasteiger partial charge in [0, 0.05) is 5.41 Å². The van der Waals surface area contributed by atoms with Crippen LogP contribution >= 0.6 is 0 Å². The fraction of sp³-hybridized carbons (Fsp3) is 0.938. The first-order chi connectivity index (χ1) is 9.47. The number of nitrogens with two attached hydrogens (primary N) is 1. The van der Waals surface area contributed by atoms with Gasteiger partial charge in [-0.3, -0.25) is 0 Å². The van der Waals surface area contributed by atoms with E-state index in [-0.39, 0.29) is 5.41 Å². The minimum atomic E-state index is -0.202. The molecule has 20 heavy (non-hydrogen) atoms. The van der Waals surface area contributed by atoms with Crippen molar-refractivity contribution in [3.63, 3.8) is 0 Å². The molecule has 4 heteroatoms. The Morgan fingerprint density at radius 2 is 1.50 bits per heavy atom. The maximum atomic E-state index is 8.76. The van der Waals surface area contributed by atoms with E-state index in [9.17, 15) is 0 Å². The van der Waals surface area contributed by atoms with Gasteiger partial charge in [-0.1, -0.05) is 52.1 Å². The number of hydrogen-bond donors (Lipinski definition) is 2. The summed E-state index contributed by atoms with van der Waals surface area (Å²) < 4.78 is 0. The van der Waals surface area contributed by atoms with Gasteiger partial charge < -0.3 is 15.8 Å². The SMILES string of the molecule is CCCCN(CCCC)CCCCC(C)(C)C(N)=NO. The first-order valence-corrected chi connectivity index (χ1v) is 8.18. The Labute approximate surface area is 125 Å². The number of unbranched alkanes of at least 4 members (excludes halogenated alkanes) is 3. The summed E-state index contributed by atoms with van der Waals surface area (Å²) in [4.78, 5) is 2.59. The maximum absolute atomic E-state index is 8.76. The standard InChI is InChI=1S/C16H35N3O/c1-5-7-12-19(13-8-6-2)14-10-9-11-16(3,4)15(17)18-20/h20H,5-14H2,1-4H3,(H2,17,18). The Bertz CT molecular complexity index is 256. The fourth-order valence-electron chi connectivity index (χ4n) is 2.26.